The van der Waals surface area contributed by atoms with Crippen LogP contribution >= 0.6 is 0 Å². The molecule has 0 aliphatic heterocycles. The zero-order chi connectivity index (χ0) is 12.1. The molecule has 0 aromatic carbocycles. The van der Waals surface area contributed by atoms with Gasteiger partial charge in [-0.05, 0) is 19.3 Å². The lowest BCUT2D eigenvalue weighted by molar-refractivity contribution is -0.137. The van der Waals surface area contributed by atoms with Crippen molar-refractivity contribution in [3.8, 4) is 0 Å². The first-order valence-electron chi connectivity index (χ1n) is 6.38. The summed E-state index contributed by atoms with van der Waals surface area (Å²) in [6.45, 7) is 0. The van der Waals surface area contributed by atoms with Crippen LogP contribution in [-0.2, 0) is 11.2 Å². The fraction of sp³-hybridized carbons (Fsp3) is 0.750. The van der Waals surface area contributed by atoms with Gasteiger partial charge < -0.3 is 5.11 Å². The van der Waals surface area contributed by atoms with Crippen molar-refractivity contribution < 1.29 is 9.90 Å². The van der Waals surface area contributed by atoms with Crippen LogP contribution in [0.15, 0.2) is 0 Å². The molecule has 2 rings (SSSR count). The first-order chi connectivity index (χ1) is 8.25. The number of nitrogens with one attached hydrogen (secondary N) is 1. The topological polar surface area (TPSA) is 78.9 Å². The van der Waals surface area contributed by atoms with E-state index in [1.54, 1.807) is 0 Å². The Bertz CT molecular complexity index is 370. The molecular formula is C12H19N3O2. The smallest absolute Gasteiger partial charge is 0.303 e. The normalized spacial score (nSPS) is 17.2. The maximum atomic E-state index is 10.4. The quantitative estimate of drug-likeness (QED) is 0.823. The van der Waals surface area contributed by atoms with Crippen LogP contribution in [0.4, 0.5) is 0 Å². The van der Waals surface area contributed by atoms with Crippen LogP contribution in [0.5, 0.6) is 0 Å². The number of aryl methyl sites for hydroxylation is 1. The van der Waals surface area contributed by atoms with Gasteiger partial charge in [-0.15, -0.1) is 0 Å². The Labute approximate surface area is 101 Å². The number of carboxylic acid groups (broad SMARTS) is 1. The van der Waals surface area contributed by atoms with Crippen molar-refractivity contribution in [2.75, 3.05) is 0 Å². The Morgan fingerprint density at radius 3 is 2.82 bits per heavy atom. The average Bonchev–Trinajstić information content (AvgIpc) is 2.78. The monoisotopic (exact) mass is 237 g/mol. The lowest BCUT2D eigenvalue weighted by Crippen LogP contribution is -2.06. The molecule has 1 fully saturated rings. The van der Waals surface area contributed by atoms with E-state index in [9.17, 15) is 4.79 Å². The molecule has 1 aliphatic rings. The summed E-state index contributed by atoms with van der Waals surface area (Å²) in [6, 6.07) is 0. The van der Waals surface area contributed by atoms with Gasteiger partial charge in [0.1, 0.15) is 5.82 Å². The SMILES string of the molecule is O=C(O)CCCc1nc(C2CCCCC2)n[nH]1. The minimum Gasteiger partial charge on any atom is -0.481 e. The van der Waals surface area contributed by atoms with E-state index >= 15 is 0 Å². The molecule has 1 aromatic rings. The summed E-state index contributed by atoms with van der Waals surface area (Å²) in [6.07, 6.45) is 7.73. The van der Waals surface area contributed by atoms with E-state index in [4.69, 9.17) is 5.11 Å². The average molecular weight is 237 g/mol. The van der Waals surface area contributed by atoms with Crippen LogP contribution < -0.4 is 0 Å². The third-order valence-corrected chi connectivity index (χ3v) is 3.32. The Kier molecular flexibility index (Phi) is 4.12. The molecule has 2 N–H and O–H groups in total. The van der Waals surface area contributed by atoms with Gasteiger partial charge in [-0.25, -0.2) is 4.98 Å². The van der Waals surface area contributed by atoms with Crippen molar-refractivity contribution in [2.45, 2.75) is 57.3 Å². The highest BCUT2D eigenvalue weighted by molar-refractivity contribution is 5.66. The molecule has 0 atom stereocenters. The molecule has 0 amide bonds. The van der Waals surface area contributed by atoms with E-state index in [1.807, 2.05) is 0 Å². The zero-order valence-electron chi connectivity index (χ0n) is 9.98. The van der Waals surface area contributed by atoms with Gasteiger partial charge in [0.25, 0.3) is 0 Å². The maximum Gasteiger partial charge on any atom is 0.303 e. The number of rotatable bonds is 5. The van der Waals surface area contributed by atoms with E-state index in [0.717, 1.165) is 11.6 Å². The summed E-state index contributed by atoms with van der Waals surface area (Å²) < 4.78 is 0. The maximum absolute atomic E-state index is 10.4. The fourth-order valence-electron chi connectivity index (χ4n) is 2.37. The number of carboxylic acids is 1. The van der Waals surface area contributed by atoms with Crippen LogP contribution in [0.25, 0.3) is 0 Å². The molecule has 0 radical (unpaired) electrons. The number of nitrogens with zero attached hydrogens (tertiary/aromatic N) is 2. The molecular weight excluding hydrogens is 218 g/mol. The van der Waals surface area contributed by atoms with Gasteiger partial charge in [0, 0.05) is 18.8 Å². The van der Waals surface area contributed by atoms with Crippen LogP contribution in [0.2, 0.25) is 0 Å². The first kappa shape index (κ1) is 12.1. The Morgan fingerprint density at radius 1 is 1.35 bits per heavy atom. The van der Waals surface area contributed by atoms with Crippen LogP contribution in [-0.4, -0.2) is 26.3 Å². The van der Waals surface area contributed by atoms with Crippen molar-refractivity contribution in [3.05, 3.63) is 11.6 Å². The van der Waals surface area contributed by atoms with Gasteiger partial charge in [0.2, 0.25) is 0 Å². The summed E-state index contributed by atoms with van der Waals surface area (Å²) in [4.78, 5) is 14.9. The number of aromatic nitrogens is 3. The molecule has 94 valence electrons. The summed E-state index contributed by atoms with van der Waals surface area (Å²) in [7, 11) is 0. The summed E-state index contributed by atoms with van der Waals surface area (Å²) >= 11 is 0. The number of aromatic amines is 1. The van der Waals surface area contributed by atoms with Crippen molar-refractivity contribution in [1.82, 2.24) is 15.2 Å². The molecule has 17 heavy (non-hydrogen) atoms. The Balaban J connectivity index is 1.84. The lowest BCUT2D eigenvalue weighted by atomic mass is 9.89. The number of carbonyl (C=O) groups is 1. The molecule has 1 heterocycles. The minimum atomic E-state index is -0.753. The van der Waals surface area contributed by atoms with Crippen molar-refractivity contribution in [1.29, 1.82) is 0 Å². The lowest BCUT2D eigenvalue weighted by Gasteiger charge is -2.17. The summed E-state index contributed by atoms with van der Waals surface area (Å²) in [5, 5.41) is 15.7. The summed E-state index contributed by atoms with van der Waals surface area (Å²) in [5.41, 5.74) is 0. The van der Waals surface area contributed by atoms with Crippen molar-refractivity contribution in [2.24, 2.45) is 0 Å². The molecule has 1 aliphatic carbocycles. The third-order valence-electron chi connectivity index (χ3n) is 3.32. The highest BCUT2D eigenvalue weighted by atomic mass is 16.4. The zero-order valence-corrected chi connectivity index (χ0v) is 9.98. The second-order valence-electron chi connectivity index (χ2n) is 4.72. The van der Waals surface area contributed by atoms with Gasteiger partial charge in [0.05, 0.1) is 0 Å². The second kappa shape index (κ2) is 5.80. The number of hydrogen-bond acceptors (Lipinski definition) is 3. The predicted octanol–water partition coefficient (Wildman–Crippen LogP) is 2.26. The van der Waals surface area contributed by atoms with Crippen molar-refractivity contribution in [3.63, 3.8) is 0 Å². The predicted molar refractivity (Wildman–Crippen MR) is 62.8 cm³/mol. The van der Waals surface area contributed by atoms with E-state index in [1.165, 1.54) is 32.1 Å². The molecule has 0 bridgehead atoms. The molecule has 0 unspecified atom stereocenters. The number of aliphatic carboxylic acids is 1. The van der Waals surface area contributed by atoms with Gasteiger partial charge >= 0.3 is 5.97 Å². The van der Waals surface area contributed by atoms with E-state index in [0.29, 0.717) is 18.8 Å². The van der Waals surface area contributed by atoms with E-state index < -0.39 is 5.97 Å². The van der Waals surface area contributed by atoms with Gasteiger partial charge in [-0.2, -0.15) is 5.10 Å². The molecule has 1 saturated carbocycles. The highest BCUT2D eigenvalue weighted by Gasteiger charge is 2.19. The Morgan fingerprint density at radius 2 is 2.12 bits per heavy atom. The fourth-order valence-corrected chi connectivity index (χ4v) is 2.37. The number of hydrogen-bond donors (Lipinski definition) is 2. The van der Waals surface area contributed by atoms with Crippen LogP contribution in [0, 0.1) is 0 Å². The van der Waals surface area contributed by atoms with Crippen molar-refractivity contribution >= 4 is 5.97 Å². The molecule has 5 nitrogen and oxygen atoms in total. The van der Waals surface area contributed by atoms with Crippen LogP contribution in [0.1, 0.15) is 62.5 Å². The third kappa shape index (κ3) is 3.54. The standard InChI is InChI=1S/C12H19N3O2/c16-11(17)8-4-7-10-13-12(15-14-10)9-5-2-1-3-6-9/h9H,1-8H2,(H,16,17)(H,13,14,15). The summed E-state index contributed by atoms with van der Waals surface area (Å²) in [5.74, 6) is 1.51. The minimum absolute atomic E-state index is 0.194. The van der Waals surface area contributed by atoms with Gasteiger partial charge in [-0.3, -0.25) is 9.89 Å². The van der Waals surface area contributed by atoms with Crippen LogP contribution in [0.3, 0.4) is 0 Å². The number of H-pyrrole nitrogens is 1. The molecule has 5 heteroatoms. The second-order valence-corrected chi connectivity index (χ2v) is 4.72. The first-order valence-corrected chi connectivity index (χ1v) is 6.38. The largest absolute Gasteiger partial charge is 0.481 e. The Hall–Kier alpha value is -1.39. The van der Waals surface area contributed by atoms with E-state index in [-0.39, 0.29) is 6.42 Å². The molecule has 0 saturated heterocycles. The molecule has 1 aromatic heterocycles. The van der Waals surface area contributed by atoms with Gasteiger partial charge in [-0.1, -0.05) is 19.3 Å². The highest BCUT2D eigenvalue weighted by Crippen LogP contribution is 2.30. The molecule has 0 spiro atoms. The van der Waals surface area contributed by atoms with Gasteiger partial charge in [0.15, 0.2) is 5.82 Å². The van der Waals surface area contributed by atoms with E-state index in [2.05, 4.69) is 15.2 Å².